The molecule has 2 N–H and O–H groups in total. The first kappa shape index (κ1) is 15.0. The van der Waals surface area contributed by atoms with Crippen LogP contribution in [0.4, 0.5) is 0 Å². The Labute approximate surface area is 148 Å². The van der Waals surface area contributed by atoms with E-state index in [-0.39, 0.29) is 0 Å². The Kier molecular flexibility index (Phi) is 4.32. The van der Waals surface area contributed by atoms with Crippen molar-refractivity contribution in [3.63, 3.8) is 0 Å². The first-order chi connectivity index (χ1) is 11.9. The van der Waals surface area contributed by atoms with E-state index in [0.717, 1.165) is 0 Å². The number of H-pyrrole nitrogens is 2. The summed E-state index contributed by atoms with van der Waals surface area (Å²) in [6.45, 7) is 0. The Bertz CT molecular complexity index is 974. The minimum Gasteiger partial charge on any atom is -0.368 e. The molecule has 4 heterocycles. The number of hydrogen-bond donors (Lipinski definition) is 2. The smallest absolute Gasteiger partial charge is 0.0566 e. The highest BCUT2D eigenvalue weighted by Crippen LogP contribution is 2.34. The highest BCUT2D eigenvalue weighted by molar-refractivity contribution is 7.13. The third kappa shape index (κ3) is 3.07. The van der Waals surface area contributed by atoms with Gasteiger partial charge in [0.25, 0.3) is 0 Å². The lowest BCUT2D eigenvalue weighted by Gasteiger charge is -1.99. The van der Waals surface area contributed by atoms with Crippen molar-refractivity contribution in [3.05, 3.63) is 83.8 Å². The van der Waals surface area contributed by atoms with Crippen LogP contribution >= 0.6 is 22.7 Å². The Balaban J connectivity index is 0.000000252. The summed E-state index contributed by atoms with van der Waals surface area (Å²) >= 11 is 3.55. The molecule has 24 heavy (non-hydrogen) atoms. The zero-order valence-corrected chi connectivity index (χ0v) is 14.5. The molecule has 0 unspecified atom stereocenters. The fourth-order valence-corrected chi connectivity index (χ4v) is 4.09. The van der Waals surface area contributed by atoms with Crippen LogP contribution in [0.2, 0.25) is 0 Å². The molecule has 0 spiro atoms. The van der Waals surface area contributed by atoms with Crippen LogP contribution in [0, 0.1) is 0 Å². The van der Waals surface area contributed by atoms with Crippen molar-refractivity contribution in [3.8, 4) is 21.0 Å². The molecule has 118 valence electrons. The van der Waals surface area contributed by atoms with Crippen LogP contribution in [0.25, 0.3) is 31.9 Å². The molecule has 0 aliphatic carbocycles. The molecule has 0 radical (unpaired) electrons. The van der Waals surface area contributed by atoms with Gasteiger partial charge in [-0.05, 0) is 41.1 Å². The largest absolute Gasteiger partial charge is 0.368 e. The van der Waals surface area contributed by atoms with Gasteiger partial charge in [-0.3, -0.25) is 0 Å². The summed E-state index contributed by atoms with van der Waals surface area (Å²) in [6, 6.07) is 21.1. The summed E-state index contributed by atoms with van der Waals surface area (Å²) in [5.41, 5.74) is 3.72. The zero-order valence-electron chi connectivity index (χ0n) is 12.9. The molecule has 4 heteroatoms. The fraction of sp³-hybridized carbons (Fsp3) is 0. The molecule has 0 aliphatic rings. The Hall–Kier alpha value is -2.56. The average Bonchev–Trinajstić information content (AvgIpc) is 3.45. The van der Waals surface area contributed by atoms with Gasteiger partial charge in [-0.1, -0.05) is 30.3 Å². The molecule has 5 aromatic rings. The number of benzene rings is 1. The number of para-hydroxylation sites is 1. The molecule has 4 aromatic heterocycles. The lowest BCUT2D eigenvalue weighted by Crippen LogP contribution is -1.76. The summed E-state index contributed by atoms with van der Waals surface area (Å²) in [6.07, 6.45) is 3.75. The Morgan fingerprint density at radius 3 is 2.08 bits per heavy atom. The SMILES string of the molecule is c1cc[nH]c1.c1csc(-c2cc3cccc(-c4cccs4)c3[nH]2)c1. The van der Waals surface area contributed by atoms with E-state index in [4.69, 9.17) is 0 Å². The van der Waals surface area contributed by atoms with Gasteiger partial charge in [0.2, 0.25) is 0 Å². The maximum Gasteiger partial charge on any atom is 0.0566 e. The topological polar surface area (TPSA) is 31.6 Å². The number of rotatable bonds is 2. The van der Waals surface area contributed by atoms with E-state index in [1.807, 2.05) is 24.5 Å². The van der Waals surface area contributed by atoms with E-state index in [1.54, 1.807) is 22.7 Å². The minimum atomic E-state index is 1.20. The number of nitrogens with one attached hydrogen (secondary N) is 2. The third-order valence-corrected chi connectivity index (χ3v) is 5.53. The zero-order chi connectivity index (χ0) is 16.2. The lowest BCUT2D eigenvalue weighted by atomic mass is 10.1. The molecule has 0 saturated carbocycles. The van der Waals surface area contributed by atoms with E-state index >= 15 is 0 Å². The molecule has 2 nitrogen and oxygen atoms in total. The standard InChI is InChI=1S/C16H11NS2.C4H5N/c1-4-11-10-13(15-7-3-9-19-15)17-16(11)12(5-1)14-6-2-8-18-14;1-2-4-5-3-1/h1-10,17H;1-5H. The van der Waals surface area contributed by atoms with E-state index in [1.165, 1.54) is 31.9 Å². The average molecular weight is 348 g/mol. The fourth-order valence-electron chi connectivity index (χ4n) is 2.64. The van der Waals surface area contributed by atoms with Gasteiger partial charge in [0.15, 0.2) is 0 Å². The highest BCUT2D eigenvalue weighted by atomic mass is 32.1. The number of thiophene rings is 2. The predicted octanol–water partition coefficient (Wildman–Crippen LogP) is 6.64. The van der Waals surface area contributed by atoms with Gasteiger partial charge in [-0.15, -0.1) is 22.7 Å². The van der Waals surface area contributed by atoms with Crippen LogP contribution in [0.15, 0.2) is 83.8 Å². The van der Waals surface area contributed by atoms with Crippen LogP contribution in [-0.4, -0.2) is 9.97 Å². The summed E-state index contributed by atoms with van der Waals surface area (Å²) in [5.74, 6) is 0. The van der Waals surface area contributed by atoms with Crippen LogP contribution in [0.5, 0.6) is 0 Å². The van der Waals surface area contributed by atoms with Crippen molar-refractivity contribution >= 4 is 33.6 Å². The van der Waals surface area contributed by atoms with E-state index in [0.29, 0.717) is 0 Å². The maximum absolute atomic E-state index is 3.57. The first-order valence-corrected chi connectivity index (χ1v) is 9.45. The van der Waals surface area contributed by atoms with Crippen molar-refractivity contribution in [2.45, 2.75) is 0 Å². The van der Waals surface area contributed by atoms with Crippen LogP contribution in [0.1, 0.15) is 0 Å². The van der Waals surface area contributed by atoms with E-state index in [9.17, 15) is 0 Å². The molecular formula is C20H16N2S2. The lowest BCUT2D eigenvalue weighted by molar-refractivity contribution is 1.42. The molecule has 1 aromatic carbocycles. The van der Waals surface area contributed by atoms with Gasteiger partial charge in [-0.2, -0.15) is 0 Å². The number of aromatic amines is 2. The van der Waals surface area contributed by atoms with E-state index in [2.05, 4.69) is 69.3 Å². The molecule has 5 rings (SSSR count). The minimum absolute atomic E-state index is 1.20. The number of aromatic nitrogens is 2. The number of hydrogen-bond acceptors (Lipinski definition) is 2. The Morgan fingerprint density at radius 1 is 0.708 bits per heavy atom. The monoisotopic (exact) mass is 348 g/mol. The highest BCUT2D eigenvalue weighted by Gasteiger charge is 2.09. The maximum atomic E-state index is 3.57. The van der Waals surface area contributed by atoms with Gasteiger partial charge in [0, 0.05) is 28.2 Å². The molecule has 0 bridgehead atoms. The summed E-state index contributed by atoms with van der Waals surface area (Å²) < 4.78 is 0. The summed E-state index contributed by atoms with van der Waals surface area (Å²) in [4.78, 5) is 9.03. The first-order valence-electron chi connectivity index (χ1n) is 7.69. The van der Waals surface area contributed by atoms with E-state index < -0.39 is 0 Å². The molecule has 0 amide bonds. The van der Waals surface area contributed by atoms with Crippen LogP contribution in [-0.2, 0) is 0 Å². The van der Waals surface area contributed by atoms with Crippen molar-refractivity contribution in [2.75, 3.05) is 0 Å². The summed E-state index contributed by atoms with van der Waals surface area (Å²) in [7, 11) is 0. The molecule has 0 fully saturated rings. The summed E-state index contributed by atoms with van der Waals surface area (Å²) in [5, 5.41) is 5.51. The van der Waals surface area contributed by atoms with Gasteiger partial charge >= 0.3 is 0 Å². The second-order valence-electron chi connectivity index (χ2n) is 5.29. The van der Waals surface area contributed by atoms with Crippen molar-refractivity contribution in [1.29, 1.82) is 0 Å². The number of fused-ring (bicyclic) bond motifs is 1. The second-order valence-corrected chi connectivity index (χ2v) is 7.19. The second kappa shape index (κ2) is 6.91. The van der Waals surface area contributed by atoms with Crippen molar-refractivity contribution in [2.24, 2.45) is 0 Å². The van der Waals surface area contributed by atoms with Crippen LogP contribution in [0.3, 0.4) is 0 Å². The third-order valence-electron chi connectivity index (χ3n) is 3.73. The molecular weight excluding hydrogens is 332 g/mol. The van der Waals surface area contributed by atoms with Gasteiger partial charge in [0.05, 0.1) is 16.1 Å². The van der Waals surface area contributed by atoms with Gasteiger partial charge in [0.1, 0.15) is 0 Å². The Morgan fingerprint density at radius 2 is 1.46 bits per heavy atom. The van der Waals surface area contributed by atoms with Crippen LogP contribution < -0.4 is 0 Å². The van der Waals surface area contributed by atoms with Gasteiger partial charge < -0.3 is 9.97 Å². The van der Waals surface area contributed by atoms with Gasteiger partial charge in [-0.25, -0.2) is 0 Å². The predicted molar refractivity (Wildman–Crippen MR) is 106 cm³/mol. The van der Waals surface area contributed by atoms with Crippen molar-refractivity contribution in [1.82, 2.24) is 9.97 Å². The normalized spacial score (nSPS) is 10.5. The molecule has 0 aliphatic heterocycles. The quantitative estimate of drug-likeness (QED) is 0.358. The van der Waals surface area contributed by atoms with Crippen molar-refractivity contribution < 1.29 is 0 Å². The molecule has 0 atom stereocenters. The molecule has 0 saturated heterocycles.